The maximum absolute atomic E-state index is 5.69. The third kappa shape index (κ3) is 2.51. The van der Waals surface area contributed by atoms with E-state index in [4.69, 9.17) is 4.74 Å². The minimum atomic E-state index is -0.498. The number of rotatable bonds is 2. The fourth-order valence-electron chi connectivity index (χ4n) is 1.31. The quantitative estimate of drug-likeness (QED) is 0.423. The summed E-state index contributed by atoms with van der Waals surface area (Å²) in [6.07, 6.45) is 4.04. The van der Waals surface area contributed by atoms with Gasteiger partial charge in [0.15, 0.2) is 0 Å². The van der Waals surface area contributed by atoms with Crippen LogP contribution in [-0.4, -0.2) is 25.2 Å². The Kier molecular flexibility index (Phi) is 4.25. The fraction of sp³-hybridized carbons (Fsp3) is 1.00. The van der Waals surface area contributed by atoms with E-state index >= 15 is 0 Å². The van der Waals surface area contributed by atoms with Crippen LogP contribution >= 0.6 is 22.6 Å². The molecule has 0 aromatic rings. The smallest absolute Gasteiger partial charge is 0.0788 e. The minimum Gasteiger partial charge on any atom is -0.382 e. The third-order valence-electron chi connectivity index (χ3n) is 2.09. The summed E-state index contributed by atoms with van der Waals surface area (Å²) in [4.78, 5) is 0. The van der Waals surface area contributed by atoms with E-state index in [0.29, 0.717) is 5.73 Å². The van der Waals surface area contributed by atoms with E-state index in [9.17, 15) is 0 Å². The van der Waals surface area contributed by atoms with Crippen molar-refractivity contribution in [3.63, 3.8) is 0 Å². The summed E-state index contributed by atoms with van der Waals surface area (Å²) in [5, 5.41) is 0. The van der Waals surface area contributed by atoms with Crippen molar-refractivity contribution >= 4 is 31.4 Å². The average Bonchev–Trinajstić information content (AvgIpc) is 2.05. The second-order valence-corrected chi connectivity index (χ2v) is 8.69. The molecule has 0 aromatic carbocycles. The molecular formula is C7H15IOSi. The Balaban J connectivity index is 2.24. The topological polar surface area (TPSA) is 9.23 Å². The van der Waals surface area contributed by atoms with Gasteiger partial charge in [0.1, 0.15) is 0 Å². The zero-order valence-corrected chi connectivity index (χ0v) is 9.79. The SMILES string of the molecule is C[SiH](CI)C1CCCCO1. The molecule has 0 aliphatic carbocycles. The van der Waals surface area contributed by atoms with E-state index in [1.165, 1.54) is 23.3 Å². The monoisotopic (exact) mass is 270 g/mol. The van der Waals surface area contributed by atoms with Crippen LogP contribution in [0.3, 0.4) is 0 Å². The van der Waals surface area contributed by atoms with E-state index in [-0.39, 0.29) is 0 Å². The molecule has 10 heavy (non-hydrogen) atoms. The Bertz CT molecular complexity index is 93.6. The first kappa shape index (κ1) is 9.00. The van der Waals surface area contributed by atoms with Crippen molar-refractivity contribution in [1.82, 2.24) is 0 Å². The Morgan fingerprint density at radius 3 is 2.90 bits per heavy atom. The molecule has 0 amide bonds. The molecule has 0 bridgehead atoms. The molecule has 0 saturated carbocycles. The van der Waals surface area contributed by atoms with Gasteiger partial charge in [-0.1, -0.05) is 29.1 Å². The van der Waals surface area contributed by atoms with Gasteiger partial charge in [-0.15, -0.1) is 0 Å². The van der Waals surface area contributed by atoms with Crippen LogP contribution in [-0.2, 0) is 4.74 Å². The molecule has 0 aromatic heterocycles. The van der Waals surface area contributed by atoms with Gasteiger partial charge in [0.25, 0.3) is 0 Å². The highest BCUT2D eigenvalue weighted by atomic mass is 127. The molecule has 1 heterocycles. The van der Waals surface area contributed by atoms with Crippen molar-refractivity contribution in [2.45, 2.75) is 31.5 Å². The van der Waals surface area contributed by atoms with Crippen LogP contribution in [0.15, 0.2) is 0 Å². The molecule has 1 fully saturated rings. The van der Waals surface area contributed by atoms with E-state index in [0.717, 1.165) is 6.61 Å². The van der Waals surface area contributed by atoms with Gasteiger partial charge in [-0.25, -0.2) is 0 Å². The lowest BCUT2D eigenvalue weighted by Crippen LogP contribution is -2.35. The van der Waals surface area contributed by atoms with E-state index in [1.54, 1.807) is 0 Å². The van der Waals surface area contributed by atoms with Crippen molar-refractivity contribution in [2.75, 3.05) is 10.7 Å². The van der Waals surface area contributed by atoms with E-state index < -0.39 is 8.80 Å². The second-order valence-electron chi connectivity index (χ2n) is 3.04. The Hall–Kier alpha value is 0.907. The lowest BCUT2D eigenvalue weighted by Gasteiger charge is -2.25. The number of hydrogen-bond acceptors (Lipinski definition) is 1. The first-order valence-corrected chi connectivity index (χ1v) is 8.18. The van der Waals surface area contributed by atoms with Crippen molar-refractivity contribution in [3.05, 3.63) is 0 Å². The number of hydrogen-bond donors (Lipinski definition) is 0. The third-order valence-corrected chi connectivity index (χ3v) is 8.54. The maximum Gasteiger partial charge on any atom is 0.0788 e. The van der Waals surface area contributed by atoms with Crippen LogP contribution in [0.5, 0.6) is 0 Å². The summed E-state index contributed by atoms with van der Waals surface area (Å²) >= 11 is 2.50. The van der Waals surface area contributed by atoms with Gasteiger partial charge in [-0.3, -0.25) is 0 Å². The molecule has 2 unspecified atom stereocenters. The predicted octanol–water partition coefficient (Wildman–Crippen LogP) is 1.93. The molecule has 0 radical (unpaired) electrons. The highest BCUT2D eigenvalue weighted by molar-refractivity contribution is 14.1. The molecule has 1 aliphatic heterocycles. The van der Waals surface area contributed by atoms with E-state index in [1.807, 2.05) is 0 Å². The number of alkyl halides is 1. The zero-order chi connectivity index (χ0) is 7.40. The Morgan fingerprint density at radius 2 is 2.40 bits per heavy atom. The van der Waals surface area contributed by atoms with Crippen molar-refractivity contribution in [2.24, 2.45) is 0 Å². The van der Waals surface area contributed by atoms with Gasteiger partial charge >= 0.3 is 0 Å². The molecular weight excluding hydrogens is 255 g/mol. The fourth-order valence-corrected chi connectivity index (χ4v) is 4.48. The lowest BCUT2D eigenvalue weighted by molar-refractivity contribution is 0.0631. The van der Waals surface area contributed by atoms with Crippen LogP contribution < -0.4 is 0 Å². The van der Waals surface area contributed by atoms with E-state index in [2.05, 4.69) is 29.1 Å². The molecule has 1 nitrogen and oxygen atoms in total. The first-order chi connectivity index (χ1) is 4.84. The number of ether oxygens (including phenoxy) is 1. The molecule has 3 heteroatoms. The number of halogens is 1. The molecule has 1 aliphatic rings. The van der Waals surface area contributed by atoms with Crippen LogP contribution in [0, 0.1) is 0 Å². The van der Waals surface area contributed by atoms with Crippen molar-refractivity contribution < 1.29 is 4.74 Å². The predicted molar refractivity (Wildman–Crippen MR) is 55.5 cm³/mol. The van der Waals surface area contributed by atoms with Crippen LogP contribution in [0.4, 0.5) is 0 Å². The Labute approximate surface area is 78.3 Å². The van der Waals surface area contributed by atoms with Gasteiger partial charge in [0, 0.05) is 12.3 Å². The van der Waals surface area contributed by atoms with Gasteiger partial charge in [0.2, 0.25) is 0 Å². The zero-order valence-electron chi connectivity index (χ0n) is 6.48. The standard InChI is InChI=1S/C7H15IOSi/c1-10(6-8)7-4-2-3-5-9-7/h7,10H,2-6H2,1H3. The van der Waals surface area contributed by atoms with Gasteiger partial charge < -0.3 is 4.74 Å². The normalized spacial score (nSPS) is 30.0. The van der Waals surface area contributed by atoms with Crippen LogP contribution in [0.1, 0.15) is 19.3 Å². The summed E-state index contributed by atoms with van der Waals surface area (Å²) in [7, 11) is -0.498. The van der Waals surface area contributed by atoms with Gasteiger partial charge in [-0.2, -0.15) is 0 Å². The van der Waals surface area contributed by atoms with Crippen molar-refractivity contribution in [1.29, 1.82) is 0 Å². The summed E-state index contributed by atoms with van der Waals surface area (Å²) in [5.41, 5.74) is 0.700. The minimum absolute atomic E-state index is 0.498. The summed E-state index contributed by atoms with van der Waals surface area (Å²) in [5.74, 6) is 0. The molecule has 1 saturated heterocycles. The highest BCUT2D eigenvalue weighted by Crippen LogP contribution is 2.15. The largest absolute Gasteiger partial charge is 0.382 e. The second kappa shape index (κ2) is 4.72. The Morgan fingerprint density at radius 1 is 1.60 bits per heavy atom. The molecule has 60 valence electrons. The van der Waals surface area contributed by atoms with Crippen molar-refractivity contribution in [3.8, 4) is 0 Å². The average molecular weight is 270 g/mol. The lowest BCUT2D eigenvalue weighted by atomic mass is 10.2. The molecule has 2 atom stereocenters. The first-order valence-electron chi connectivity index (χ1n) is 4.02. The van der Waals surface area contributed by atoms with Gasteiger partial charge in [0.05, 0.1) is 8.80 Å². The highest BCUT2D eigenvalue weighted by Gasteiger charge is 2.20. The molecule has 0 spiro atoms. The summed E-state index contributed by atoms with van der Waals surface area (Å²) in [6, 6.07) is 0. The van der Waals surface area contributed by atoms with Crippen LogP contribution in [0.2, 0.25) is 6.55 Å². The molecule has 1 rings (SSSR count). The molecule has 0 N–H and O–H groups in total. The van der Waals surface area contributed by atoms with Crippen LogP contribution in [0.25, 0.3) is 0 Å². The summed E-state index contributed by atoms with van der Waals surface area (Å²) < 4.78 is 7.05. The summed E-state index contributed by atoms with van der Waals surface area (Å²) in [6.45, 7) is 3.45. The maximum atomic E-state index is 5.69. The van der Waals surface area contributed by atoms with Gasteiger partial charge in [-0.05, 0) is 23.3 Å².